The fraction of sp³-hybridized carbons (Fsp3) is 1.00. The van der Waals surface area contributed by atoms with Gasteiger partial charge in [-0.3, -0.25) is 0 Å². The molecule has 10 saturated heterocycles. The van der Waals surface area contributed by atoms with Gasteiger partial charge in [0, 0.05) is 0 Å². The fourth-order valence-corrected chi connectivity index (χ4v) is 149. The molecule has 0 aromatic carbocycles. The van der Waals surface area contributed by atoms with Crippen LogP contribution in [0.5, 0.6) is 0 Å². The molecule has 0 radical (unpaired) electrons. The third kappa shape index (κ3) is 0.0344. The Labute approximate surface area is 69.7 Å². The van der Waals surface area contributed by atoms with Gasteiger partial charge in [-0.25, -0.2) is 0 Å². The third-order valence-electron chi connectivity index (χ3n) is 21.2. The topological polar surface area (TPSA) is 0 Å². The molecule has 1 spiro atoms. The molecule has 0 aromatic heterocycles. The molecule has 4 atom stereocenters. The summed E-state index contributed by atoms with van der Waals surface area (Å²) < 4.78 is 15.4. The van der Waals surface area contributed by atoms with Gasteiger partial charge in [0.25, 0.3) is 0 Å². The van der Waals surface area contributed by atoms with E-state index in [4.69, 9.17) is 0 Å². The van der Waals surface area contributed by atoms with Crippen molar-refractivity contribution in [2.75, 3.05) is 0 Å². The minimum absolute atomic E-state index is 0. The summed E-state index contributed by atoms with van der Waals surface area (Å²) in [6, 6.07) is 0. The van der Waals surface area contributed by atoms with Crippen LogP contribution >= 0.6 is 12.4 Å². The minimum Gasteiger partial charge on any atom is -0.147 e. The van der Waals surface area contributed by atoms with Crippen LogP contribution in [0, 0.1) is 0 Å². The number of hydrogen-bond donors (Lipinski definition) is 0. The zero-order chi connectivity index (χ0) is 7.01. The maximum Gasteiger partial charge on any atom is -0.147 e. The molecule has 0 aliphatic carbocycles. The van der Waals surface area contributed by atoms with E-state index in [1.165, 1.54) is 3.72 Å². The van der Waals surface area contributed by atoms with Gasteiger partial charge in [-0.1, -0.05) is 0 Å². The molecule has 0 saturated carbocycles. The van der Waals surface area contributed by atoms with Crippen molar-refractivity contribution in [3.05, 3.63) is 0 Å². The molecular formula is C11H13ClTi. The van der Waals surface area contributed by atoms with E-state index in [0.717, 1.165) is 0 Å². The Kier molecular flexibility index (Phi) is 0.113. The number of hydrogen-bond acceptors (Lipinski definition) is 0. The quantitative estimate of drug-likeness (QED) is 0.546. The maximum atomic E-state index is 2.83. The van der Waals surface area contributed by atoms with Gasteiger partial charge in [0.15, 0.2) is 0 Å². The molecule has 13 heavy (non-hydrogen) atoms. The summed E-state index contributed by atoms with van der Waals surface area (Å²) in [4.78, 5) is 0. The monoisotopic (exact) mass is 228 g/mol. The van der Waals surface area contributed by atoms with E-state index in [-0.39, 0.29) is 12.4 Å². The van der Waals surface area contributed by atoms with E-state index >= 15 is 0 Å². The maximum absolute atomic E-state index is 2.83. The van der Waals surface area contributed by atoms with Crippen molar-refractivity contribution in [1.29, 1.82) is 0 Å². The largest absolute Gasteiger partial charge is 0.147 e. The molecule has 0 N–H and O–H groups in total. The number of fused-ring (bicyclic) bond motifs is 10. The third-order valence-corrected chi connectivity index (χ3v) is 83.2. The van der Waals surface area contributed by atoms with Gasteiger partial charge in [0.1, 0.15) is 0 Å². The Morgan fingerprint density at radius 1 is 0.769 bits per heavy atom. The van der Waals surface area contributed by atoms with E-state index < -0.39 is 8.89 Å². The van der Waals surface area contributed by atoms with Crippen molar-refractivity contribution in [2.45, 2.75) is 48.6 Å². The van der Waals surface area contributed by atoms with E-state index in [1.54, 1.807) is 38.0 Å². The molecule has 2 heteroatoms. The molecule has 68 valence electrons. The van der Waals surface area contributed by atoms with E-state index in [0.29, 0.717) is 0 Å². The zero-order valence-electron chi connectivity index (χ0n) is 7.60. The van der Waals surface area contributed by atoms with Gasteiger partial charge in [-0.05, 0) is 0 Å². The van der Waals surface area contributed by atoms with Crippen LogP contribution in [0.15, 0.2) is 0 Å². The summed E-state index contributed by atoms with van der Waals surface area (Å²) in [7, 11) is -2.81. The molecule has 10 aliphatic rings. The van der Waals surface area contributed by atoms with Crippen LogP contribution in [0.1, 0.15) is 6.92 Å². The molecule has 10 aliphatic heterocycles. The van der Waals surface area contributed by atoms with Crippen LogP contribution < -0.4 is 0 Å². The molecule has 10 heterocycles. The summed E-state index contributed by atoms with van der Waals surface area (Å²) in [5, 5.41) is 0. The average molecular weight is 229 g/mol. The number of halogens is 1. The van der Waals surface area contributed by atoms with Gasteiger partial charge in [0.2, 0.25) is 0 Å². The smallest absolute Gasteiger partial charge is 0.147 e. The Morgan fingerprint density at radius 2 is 1.15 bits per heavy atom. The summed E-state index contributed by atoms with van der Waals surface area (Å²) in [6.45, 7) is 2.83. The van der Waals surface area contributed by atoms with Crippen LogP contribution in [0.4, 0.5) is 0 Å². The molecular weight excluding hydrogens is 215 g/mol. The molecule has 0 amide bonds. The van der Waals surface area contributed by atoms with Crippen LogP contribution in [-0.4, -0.2) is 0 Å². The summed E-state index contributed by atoms with van der Waals surface area (Å²) in [5.41, 5.74) is 0. The number of rotatable bonds is 0. The zero-order valence-corrected chi connectivity index (χ0v) is 9.98. The first kappa shape index (κ1) is 4.89. The standard InChI is InChI=1S/C6H7.C5H5.ClH.Ti/c1-6-4-2-3-5-6;1-2-4-5-3-1;;/h2-5H,1H3;1-5H;1H;. The van der Waals surface area contributed by atoms with Gasteiger partial charge in [-0.2, -0.15) is 0 Å². The molecule has 0 bridgehead atoms. The summed E-state index contributed by atoms with van der Waals surface area (Å²) >= 11 is 0. The molecule has 10 rings (SSSR count). The van der Waals surface area contributed by atoms with Crippen LogP contribution in [0.3, 0.4) is 0 Å². The fourth-order valence-electron chi connectivity index (χ4n) is 25.2. The average Bonchev–Trinajstić information content (AvgIpc) is 2.97. The molecule has 0 aromatic rings. The van der Waals surface area contributed by atoms with Crippen LogP contribution in [-0.2, 0) is 8.89 Å². The molecule has 0 nitrogen and oxygen atoms in total. The van der Waals surface area contributed by atoms with Crippen LogP contribution in [0.2, 0.25) is 41.7 Å². The Morgan fingerprint density at radius 3 is 1.15 bits per heavy atom. The second-order valence-electron chi connectivity index (χ2n) is 13.2. The minimum atomic E-state index is -2.81. The first-order valence-corrected chi connectivity index (χ1v) is 15.5. The Hall–Kier alpha value is 1.00. The van der Waals surface area contributed by atoms with Crippen molar-refractivity contribution >= 4 is 12.4 Å². The summed E-state index contributed by atoms with van der Waals surface area (Å²) in [5.74, 6) is 0. The first-order valence-electron chi connectivity index (χ1n) is 6.59. The normalized spacial score (nSPS) is 151. The van der Waals surface area contributed by atoms with Crippen molar-refractivity contribution in [3.63, 3.8) is 0 Å². The predicted molar refractivity (Wildman–Crippen MR) is 49.4 cm³/mol. The predicted octanol–water partition coefficient (Wildman–Crippen LogP) is 4.19. The second kappa shape index (κ2) is 0.300. The van der Waals surface area contributed by atoms with Gasteiger partial charge in [-0.15, -0.1) is 12.4 Å². The second-order valence-corrected chi connectivity index (χ2v) is 46.9. The van der Waals surface area contributed by atoms with Crippen molar-refractivity contribution in [1.82, 2.24) is 0 Å². The Bertz CT molecular complexity index is 755. The first-order chi connectivity index (χ1) is 5.55. The van der Waals surface area contributed by atoms with Crippen molar-refractivity contribution in [2.24, 2.45) is 0 Å². The van der Waals surface area contributed by atoms with Crippen LogP contribution in [0.25, 0.3) is 0 Å². The van der Waals surface area contributed by atoms with E-state index in [9.17, 15) is 0 Å². The van der Waals surface area contributed by atoms with Gasteiger partial charge in [0.05, 0.1) is 0 Å². The molecule has 4 unspecified atom stereocenters. The van der Waals surface area contributed by atoms with Crippen molar-refractivity contribution < 1.29 is 8.89 Å². The summed E-state index contributed by atoms with van der Waals surface area (Å²) in [6.07, 6.45) is 0. The van der Waals surface area contributed by atoms with Gasteiger partial charge >= 0.3 is 57.5 Å². The van der Waals surface area contributed by atoms with E-state index in [2.05, 4.69) is 6.92 Å². The van der Waals surface area contributed by atoms with Crippen molar-refractivity contribution in [3.8, 4) is 0 Å². The SMILES string of the molecule is C[C]12[CH]3[CH]4[CH]5[CH]1[Ti]45321678[CH]2[CH]1[CH]6[CH]7[CH]28.Cl. The van der Waals surface area contributed by atoms with Gasteiger partial charge < -0.3 is 0 Å². The Balaban J connectivity index is 0.000000441. The molecule has 10 fully saturated rings. The van der Waals surface area contributed by atoms with E-state index in [1.807, 2.05) is 0 Å².